The van der Waals surface area contributed by atoms with E-state index in [1.807, 2.05) is 52.0 Å². The van der Waals surface area contributed by atoms with E-state index in [9.17, 15) is 23.9 Å². The fourth-order valence-corrected chi connectivity index (χ4v) is 7.77. The Balaban J connectivity index is 1.39. The highest BCUT2D eigenvalue weighted by molar-refractivity contribution is 5.70. The Bertz CT molecular complexity index is 1220. The fourth-order valence-electron chi connectivity index (χ4n) is 7.77. The van der Waals surface area contributed by atoms with E-state index in [1.54, 1.807) is 17.9 Å². The minimum atomic E-state index is -1.32. The Morgan fingerprint density at radius 1 is 1.02 bits per heavy atom. The molecule has 0 aromatic carbocycles. The highest BCUT2D eigenvalue weighted by atomic mass is 19.1. The van der Waals surface area contributed by atoms with E-state index < -0.39 is 42.7 Å². The van der Waals surface area contributed by atoms with Crippen LogP contribution in [-0.4, -0.2) is 114 Å². The number of esters is 1. The van der Waals surface area contributed by atoms with Crippen molar-refractivity contribution in [3.63, 3.8) is 0 Å². The van der Waals surface area contributed by atoms with Crippen molar-refractivity contribution in [3.05, 3.63) is 36.0 Å². The molecule has 1 saturated carbocycles. The van der Waals surface area contributed by atoms with E-state index in [-0.39, 0.29) is 36.8 Å². The molecule has 2 amide bonds. The number of carbonyl (C=O) groups is 3. The third-order valence-corrected chi connectivity index (χ3v) is 11.2. The molecule has 1 aliphatic carbocycles. The maximum absolute atomic E-state index is 13.5. The summed E-state index contributed by atoms with van der Waals surface area (Å²) in [7, 11) is 0. The second-order valence-electron chi connectivity index (χ2n) is 15.8. The van der Waals surface area contributed by atoms with Crippen LogP contribution in [-0.2, 0) is 19.0 Å². The summed E-state index contributed by atoms with van der Waals surface area (Å²) in [6.07, 6.45) is 17.2. The number of carbonyl (C=O) groups excluding carboxylic acids is 3. The van der Waals surface area contributed by atoms with Crippen molar-refractivity contribution in [3.8, 4) is 0 Å². The Morgan fingerprint density at radius 3 is 2.41 bits per heavy atom. The zero-order valence-corrected chi connectivity index (χ0v) is 31.8. The maximum Gasteiger partial charge on any atom is 0.410 e. The molecule has 0 bridgehead atoms. The average Bonchev–Trinajstić information content (AvgIpc) is 3.43. The van der Waals surface area contributed by atoms with Crippen LogP contribution in [0.5, 0.6) is 0 Å². The number of likely N-dealkylation sites (tertiary alicyclic amines) is 1. The first-order chi connectivity index (χ1) is 24.4. The number of hydrogen-bond acceptors (Lipinski definition) is 8. The van der Waals surface area contributed by atoms with Crippen LogP contribution in [0.25, 0.3) is 0 Å². The Labute approximate surface area is 305 Å². The predicted molar refractivity (Wildman–Crippen MR) is 196 cm³/mol. The minimum absolute atomic E-state index is 0.0368. The van der Waals surface area contributed by atoms with Gasteiger partial charge in [0.2, 0.25) is 0 Å². The largest absolute Gasteiger partial charge is 0.457 e. The molecule has 1 N–H and O–H groups in total. The molecule has 51 heavy (non-hydrogen) atoms. The Morgan fingerprint density at radius 2 is 1.73 bits per heavy atom. The van der Waals surface area contributed by atoms with Crippen molar-refractivity contribution in [1.82, 2.24) is 14.7 Å². The van der Waals surface area contributed by atoms with Gasteiger partial charge in [0.05, 0.1) is 12.6 Å². The summed E-state index contributed by atoms with van der Waals surface area (Å²) in [5.74, 6) is -0.704. The van der Waals surface area contributed by atoms with Gasteiger partial charge in [-0.15, -0.1) is 0 Å². The van der Waals surface area contributed by atoms with Gasteiger partial charge in [-0.2, -0.15) is 0 Å². The number of rotatable bonds is 8. The molecule has 7 atom stereocenters. The molecule has 4 aliphatic rings. The zero-order valence-electron chi connectivity index (χ0n) is 31.8. The molecular weight excluding hydrogens is 653 g/mol. The quantitative estimate of drug-likeness (QED) is 0.0923. The lowest BCUT2D eigenvalue weighted by Gasteiger charge is -2.40. The average molecular weight is 718 g/mol. The summed E-state index contributed by atoms with van der Waals surface area (Å²) in [5, 5.41) is 11.6. The lowest BCUT2D eigenvalue weighted by Crippen LogP contribution is -2.53. The van der Waals surface area contributed by atoms with Crippen LogP contribution >= 0.6 is 0 Å². The van der Waals surface area contributed by atoms with Gasteiger partial charge in [-0.1, -0.05) is 70.8 Å². The van der Waals surface area contributed by atoms with Crippen LogP contribution in [0, 0.1) is 17.8 Å². The molecule has 0 aromatic rings. The second kappa shape index (κ2) is 19.8. The lowest BCUT2D eigenvalue weighted by molar-refractivity contribution is -0.150. The topological polar surface area (TPSA) is 109 Å². The van der Waals surface area contributed by atoms with Crippen LogP contribution in [0.3, 0.4) is 0 Å². The number of nitrogens with zero attached hydrogens (tertiary/aromatic N) is 3. The number of hydrogen-bond donors (Lipinski definition) is 1. The third-order valence-electron chi connectivity index (χ3n) is 11.2. The van der Waals surface area contributed by atoms with E-state index in [0.717, 1.165) is 25.1 Å². The molecule has 0 radical (unpaired) electrons. The number of allylic oxidation sites excluding steroid dienone is 2. The summed E-state index contributed by atoms with van der Waals surface area (Å²) in [6.45, 7) is 12.5. The van der Waals surface area contributed by atoms with Crippen LogP contribution in [0.1, 0.15) is 105 Å². The number of amides is 2. The first kappa shape index (κ1) is 40.8. The fraction of sp³-hybridized carbons (Fsp3) is 0.775. The SMILES string of the molecule is C/C(=C\C=C\[C@@H](C)COC(=O)N1CCC[C@H]1CF)[C@H]1OC(=O)C[C@H](C)CC[C@@](C)(O)[C@@H](OC(=O)N2CCN(C3CCCCCC3)CC2)/C=C/[C@@H]1C. The predicted octanol–water partition coefficient (Wildman–Crippen LogP) is 7.22. The van der Waals surface area contributed by atoms with Crippen LogP contribution in [0.2, 0.25) is 0 Å². The number of cyclic esters (lactones) is 1. The van der Waals surface area contributed by atoms with Gasteiger partial charge in [0.15, 0.2) is 6.10 Å². The van der Waals surface area contributed by atoms with Gasteiger partial charge in [0, 0.05) is 57.0 Å². The van der Waals surface area contributed by atoms with Gasteiger partial charge in [0.1, 0.15) is 18.4 Å². The monoisotopic (exact) mass is 717 g/mol. The van der Waals surface area contributed by atoms with E-state index in [0.29, 0.717) is 44.9 Å². The maximum atomic E-state index is 13.5. The third kappa shape index (κ3) is 12.3. The number of piperazine rings is 1. The molecule has 3 heterocycles. The molecule has 288 valence electrons. The molecule has 2 saturated heterocycles. The molecular formula is C40H64FN3O7. The Hall–Kier alpha value is -2.92. The summed E-state index contributed by atoms with van der Waals surface area (Å²) in [6, 6.07) is 0.205. The molecule has 3 fully saturated rings. The number of alkyl halides is 1. The highest BCUT2D eigenvalue weighted by Gasteiger charge is 2.37. The van der Waals surface area contributed by atoms with Gasteiger partial charge in [0.25, 0.3) is 0 Å². The van der Waals surface area contributed by atoms with Crippen molar-refractivity contribution in [2.75, 3.05) is 46.0 Å². The second-order valence-corrected chi connectivity index (χ2v) is 15.8. The standard InChI is InChI=1S/C40H64FN3O7/c1-29-19-20-40(5,48)35(50-38(46)43-24-22-42(23-25-43)33-14-8-6-7-9-15-33)18-17-32(4)37(51-36(45)26-29)31(3)13-10-12-30(2)28-49-39(47)44-21-11-16-34(44)27-41/h10,12-13,17-18,29-30,32-35,37,48H,6-9,11,14-16,19-28H2,1-5H3/b12-10+,18-17+,31-13+/t29-,30-,32+,34+,35+,37-,40-/m1/s1. The molecule has 0 unspecified atom stereocenters. The normalized spacial score (nSPS) is 32.4. The lowest BCUT2D eigenvalue weighted by atomic mass is 9.87. The first-order valence-electron chi connectivity index (χ1n) is 19.5. The van der Waals surface area contributed by atoms with Crippen molar-refractivity contribution < 1.29 is 38.1 Å². The van der Waals surface area contributed by atoms with Gasteiger partial charge in [-0.3, -0.25) is 9.69 Å². The van der Waals surface area contributed by atoms with Gasteiger partial charge in [-0.25, -0.2) is 14.0 Å². The first-order valence-corrected chi connectivity index (χ1v) is 19.5. The van der Waals surface area contributed by atoms with Crippen molar-refractivity contribution in [2.45, 2.75) is 135 Å². The molecule has 11 heteroatoms. The highest BCUT2D eigenvalue weighted by Crippen LogP contribution is 2.30. The van der Waals surface area contributed by atoms with E-state index in [1.165, 1.54) is 43.4 Å². The van der Waals surface area contributed by atoms with Crippen molar-refractivity contribution in [1.29, 1.82) is 0 Å². The number of halogens is 1. The molecule has 0 aromatic heterocycles. The number of aliphatic hydroxyl groups is 1. The minimum Gasteiger partial charge on any atom is -0.457 e. The van der Waals surface area contributed by atoms with Gasteiger partial charge >= 0.3 is 18.2 Å². The van der Waals surface area contributed by atoms with Crippen LogP contribution < -0.4 is 0 Å². The molecule has 3 aliphatic heterocycles. The molecule has 4 rings (SSSR count). The van der Waals surface area contributed by atoms with E-state index in [2.05, 4.69) is 4.90 Å². The smallest absolute Gasteiger partial charge is 0.410 e. The summed E-state index contributed by atoms with van der Waals surface area (Å²) in [5.41, 5.74) is -0.504. The summed E-state index contributed by atoms with van der Waals surface area (Å²) >= 11 is 0. The summed E-state index contributed by atoms with van der Waals surface area (Å²) in [4.78, 5) is 44.7. The van der Waals surface area contributed by atoms with E-state index >= 15 is 0 Å². The van der Waals surface area contributed by atoms with Gasteiger partial charge in [-0.05, 0) is 69.9 Å². The zero-order chi connectivity index (χ0) is 37.0. The van der Waals surface area contributed by atoms with E-state index in [4.69, 9.17) is 14.2 Å². The molecule has 0 spiro atoms. The van der Waals surface area contributed by atoms with Crippen molar-refractivity contribution >= 4 is 18.2 Å². The Kier molecular flexibility index (Phi) is 15.8. The van der Waals surface area contributed by atoms with Crippen molar-refractivity contribution in [2.24, 2.45) is 17.8 Å². The van der Waals surface area contributed by atoms with Gasteiger partial charge < -0.3 is 29.1 Å². The molecule has 10 nitrogen and oxygen atoms in total. The number of ether oxygens (including phenoxy) is 3. The summed E-state index contributed by atoms with van der Waals surface area (Å²) < 4.78 is 30.8. The van der Waals surface area contributed by atoms with Crippen LogP contribution in [0.15, 0.2) is 36.0 Å². The van der Waals surface area contributed by atoms with Crippen LogP contribution in [0.4, 0.5) is 14.0 Å².